The highest BCUT2D eigenvalue weighted by molar-refractivity contribution is 7.89. The summed E-state index contributed by atoms with van der Waals surface area (Å²) in [6, 6.07) is 4.40. The number of fused-ring (bicyclic) bond motifs is 1. The minimum Gasteiger partial charge on any atom is -0.408 e. The van der Waals surface area contributed by atoms with Gasteiger partial charge in [0.25, 0.3) is 0 Å². The van der Waals surface area contributed by atoms with E-state index in [1.165, 1.54) is 23.1 Å². The fourth-order valence-corrected chi connectivity index (χ4v) is 5.18. The number of aromatic nitrogens is 3. The molecule has 0 spiro atoms. The first-order valence-corrected chi connectivity index (χ1v) is 11.9. The van der Waals surface area contributed by atoms with Crippen LogP contribution in [0.15, 0.2) is 36.8 Å². The second-order valence-electron chi connectivity index (χ2n) is 7.70. The molecule has 1 fully saturated rings. The van der Waals surface area contributed by atoms with Crippen LogP contribution in [0, 0.1) is 0 Å². The van der Waals surface area contributed by atoms with Crippen LogP contribution in [0.5, 0.6) is 0 Å². The molecule has 3 aromatic rings. The molecule has 0 unspecified atom stereocenters. The molecule has 9 nitrogen and oxygen atoms in total. The molecule has 10 heteroatoms. The molecule has 0 atom stereocenters. The molecule has 1 saturated carbocycles. The van der Waals surface area contributed by atoms with Gasteiger partial charge >= 0.3 is 5.76 Å². The van der Waals surface area contributed by atoms with Crippen LogP contribution in [0.2, 0.25) is 0 Å². The first-order chi connectivity index (χ1) is 14.5. The second kappa shape index (κ2) is 8.73. The van der Waals surface area contributed by atoms with E-state index in [2.05, 4.69) is 14.9 Å². The fraction of sp³-hybridized carbons (Fsp3) is 0.550. The first kappa shape index (κ1) is 20.8. The average Bonchev–Trinajstić information content (AvgIpc) is 3.28. The Morgan fingerprint density at radius 3 is 2.60 bits per heavy atom. The fourth-order valence-electron chi connectivity index (χ4n) is 3.86. The monoisotopic (exact) mass is 434 g/mol. The SMILES string of the molecule is CCc1nc(Cn2c(=O)oc3cc(S(=O)(=O)NC4CCCCCCC4)ccc32)no1. The van der Waals surface area contributed by atoms with E-state index in [1.54, 1.807) is 6.07 Å². The third kappa shape index (κ3) is 4.49. The Kier molecular flexibility index (Phi) is 6.05. The van der Waals surface area contributed by atoms with Crippen molar-refractivity contribution >= 4 is 21.1 Å². The number of benzene rings is 1. The van der Waals surface area contributed by atoms with E-state index >= 15 is 0 Å². The standard InChI is InChI=1S/C20H26N4O5S/c1-2-19-21-18(22-29-19)13-24-16-11-10-15(12-17(16)28-20(24)25)30(26,27)23-14-8-6-4-3-5-7-9-14/h10-12,14,23H,2-9,13H2,1H3. The predicted octanol–water partition coefficient (Wildman–Crippen LogP) is 2.98. The minimum absolute atomic E-state index is 0.0615. The number of hydrogen-bond acceptors (Lipinski definition) is 7. The zero-order chi connectivity index (χ0) is 21.1. The Balaban J connectivity index is 1.57. The summed E-state index contributed by atoms with van der Waals surface area (Å²) in [6.07, 6.45) is 7.85. The van der Waals surface area contributed by atoms with Gasteiger partial charge in [0.15, 0.2) is 11.4 Å². The van der Waals surface area contributed by atoms with E-state index in [1.807, 2.05) is 6.92 Å². The molecule has 2 aromatic heterocycles. The van der Waals surface area contributed by atoms with Crippen molar-refractivity contribution in [3.63, 3.8) is 0 Å². The maximum absolute atomic E-state index is 12.9. The first-order valence-electron chi connectivity index (χ1n) is 10.4. The predicted molar refractivity (Wildman–Crippen MR) is 110 cm³/mol. The van der Waals surface area contributed by atoms with Crippen LogP contribution in [-0.4, -0.2) is 29.2 Å². The van der Waals surface area contributed by atoms with Gasteiger partial charge in [-0.2, -0.15) is 4.98 Å². The summed E-state index contributed by atoms with van der Waals surface area (Å²) in [5.41, 5.74) is 0.688. The Morgan fingerprint density at radius 1 is 1.17 bits per heavy atom. The number of aryl methyl sites for hydroxylation is 1. The average molecular weight is 435 g/mol. The van der Waals surface area contributed by atoms with Crippen molar-refractivity contribution < 1.29 is 17.4 Å². The zero-order valence-electron chi connectivity index (χ0n) is 17.0. The van der Waals surface area contributed by atoms with Crippen molar-refractivity contribution in [1.29, 1.82) is 0 Å². The maximum Gasteiger partial charge on any atom is 0.420 e. The van der Waals surface area contributed by atoms with Gasteiger partial charge in [-0.15, -0.1) is 0 Å². The molecule has 0 aliphatic heterocycles. The summed E-state index contributed by atoms with van der Waals surface area (Å²) < 4.78 is 40.3. The normalized spacial score (nSPS) is 16.6. The molecular formula is C20H26N4O5S. The van der Waals surface area contributed by atoms with Crippen LogP contribution < -0.4 is 10.5 Å². The zero-order valence-corrected chi connectivity index (χ0v) is 17.8. The summed E-state index contributed by atoms with van der Waals surface area (Å²) in [4.78, 5) is 16.6. The van der Waals surface area contributed by atoms with Crippen molar-refractivity contribution in [1.82, 2.24) is 19.4 Å². The van der Waals surface area contributed by atoms with Gasteiger partial charge in [-0.3, -0.25) is 4.57 Å². The van der Waals surface area contributed by atoms with Gasteiger partial charge in [0, 0.05) is 18.5 Å². The number of oxazole rings is 1. The van der Waals surface area contributed by atoms with E-state index in [0.717, 1.165) is 38.5 Å². The van der Waals surface area contributed by atoms with Crippen LogP contribution in [0.3, 0.4) is 0 Å². The van der Waals surface area contributed by atoms with Crippen LogP contribution in [0.4, 0.5) is 0 Å². The topological polar surface area (TPSA) is 120 Å². The third-order valence-electron chi connectivity index (χ3n) is 5.49. The largest absolute Gasteiger partial charge is 0.420 e. The molecule has 4 rings (SSSR count). The minimum atomic E-state index is -3.70. The van der Waals surface area contributed by atoms with Gasteiger partial charge in [-0.05, 0) is 25.0 Å². The number of rotatable bonds is 6. The molecule has 0 radical (unpaired) electrons. The Hall–Kier alpha value is -2.46. The van der Waals surface area contributed by atoms with Crippen LogP contribution in [0.25, 0.3) is 11.1 Å². The Labute approximate surface area is 174 Å². The number of hydrogen-bond donors (Lipinski definition) is 1. The van der Waals surface area contributed by atoms with Crippen LogP contribution in [-0.2, 0) is 23.0 Å². The van der Waals surface area contributed by atoms with Gasteiger partial charge in [0.1, 0.15) is 0 Å². The molecule has 0 bridgehead atoms. The highest BCUT2D eigenvalue weighted by Crippen LogP contribution is 2.22. The molecule has 1 aromatic carbocycles. The Bertz CT molecular complexity index is 1170. The second-order valence-corrected chi connectivity index (χ2v) is 9.42. The van der Waals surface area contributed by atoms with Crippen molar-refractivity contribution in [3.05, 3.63) is 40.5 Å². The van der Waals surface area contributed by atoms with Gasteiger partial charge in [0.05, 0.1) is 17.0 Å². The maximum atomic E-state index is 12.9. The number of nitrogens with zero attached hydrogens (tertiary/aromatic N) is 3. The summed E-state index contributed by atoms with van der Waals surface area (Å²) >= 11 is 0. The Morgan fingerprint density at radius 2 is 1.90 bits per heavy atom. The summed E-state index contributed by atoms with van der Waals surface area (Å²) in [5.74, 6) is 0.245. The van der Waals surface area contributed by atoms with E-state index in [4.69, 9.17) is 8.94 Å². The highest BCUT2D eigenvalue weighted by Gasteiger charge is 2.22. The van der Waals surface area contributed by atoms with Crippen LogP contribution >= 0.6 is 0 Å². The lowest BCUT2D eigenvalue weighted by atomic mass is 9.97. The van der Waals surface area contributed by atoms with Crippen molar-refractivity contribution in [2.24, 2.45) is 0 Å². The van der Waals surface area contributed by atoms with Gasteiger partial charge < -0.3 is 8.94 Å². The highest BCUT2D eigenvalue weighted by atomic mass is 32.2. The molecule has 2 heterocycles. The van der Waals surface area contributed by atoms with E-state index in [0.29, 0.717) is 23.7 Å². The molecule has 162 valence electrons. The molecule has 1 N–H and O–H groups in total. The molecule has 0 amide bonds. The third-order valence-corrected chi connectivity index (χ3v) is 7.01. The van der Waals surface area contributed by atoms with Gasteiger partial charge in [-0.1, -0.05) is 44.2 Å². The lowest BCUT2D eigenvalue weighted by Gasteiger charge is -2.20. The van der Waals surface area contributed by atoms with Crippen molar-refractivity contribution in [3.8, 4) is 0 Å². The van der Waals surface area contributed by atoms with E-state index < -0.39 is 15.8 Å². The summed E-state index contributed by atoms with van der Waals surface area (Å²) in [7, 11) is -3.70. The molecule has 30 heavy (non-hydrogen) atoms. The molecular weight excluding hydrogens is 408 g/mol. The van der Waals surface area contributed by atoms with Crippen molar-refractivity contribution in [2.45, 2.75) is 75.8 Å². The number of nitrogens with one attached hydrogen (secondary N) is 1. The van der Waals surface area contributed by atoms with Gasteiger partial charge in [0.2, 0.25) is 15.9 Å². The van der Waals surface area contributed by atoms with Crippen LogP contribution in [0.1, 0.15) is 63.6 Å². The molecule has 1 aliphatic carbocycles. The summed E-state index contributed by atoms with van der Waals surface area (Å²) in [6.45, 7) is 1.98. The lowest BCUT2D eigenvalue weighted by Crippen LogP contribution is -2.35. The van der Waals surface area contributed by atoms with E-state index in [9.17, 15) is 13.2 Å². The van der Waals surface area contributed by atoms with Crippen molar-refractivity contribution in [2.75, 3.05) is 0 Å². The van der Waals surface area contributed by atoms with Gasteiger partial charge in [-0.25, -0.2) is 17.9 Å². The lowest BCUT2D eigenvalue weighted by molar-refractivity contribution is 0.375. The smallest absolute Gasteiger partial charge is 0.408 e. The number of sulfonamides is 1. The molecule has 1 aliphatic rings. The van der Waals surface area contributed by atoms with E-state index in [-0.39, 0.29) is 23.1 Å². The molecule has 0 saturated heterocycles. The quantitative estimate of drug-likeness (QED) is 0.633. The summed E-state index contributed by atoms with van der Waals surface area (Å²) in [5, 5.41) is 3.85.